The predicted molar refractivity (Wildman–Crippen MR) is 59.7 cm³/mol. The van der Waals surface area contributed by atoms with Crippen molar-refractivity contribution in [1.82, 2.24) is 10.6 Å². The van der Waals surface area contributed by atoms with Gasteiger partial charge in [0, 0.05) is 0 Å². The molecule has 17 heavy (non-hydrogen) atoms. The number of ether oxygens (including phenoxy) is 1. The van der Waals surface area contributed by atoms with Crippen LogP contribution in [0.1, 0.15) is 32.6 Å². The van der Waals surface area contributed by atoms with Crippen LogP contribution in [-0.2, 0) is 9.53 Å². The van der Waals surface area contributed by atoms with Crippen molar-refractivity contribution >= 4 is 12.0 Å². The maximum atomic E-state index is 11.6. The Kier molecular flexibility index (Phi) is 3.51. The fraction of sp³-hybridized carbons (Fsp3) is 0.818. The van der Waals surface area contributed by atoms with Gasteiger partial charge in [-0.15, -0.1) is 0 Å². The van der Waals surface area contributed by atoms with Crippen LogP contribution in [0.3, 0.4) is 0 Å². The zero-order valence-electron chi connectivity index (χ0n) is 9.81. The van der Waals surface area contributed by atoms with E-state index in [0.717, 1.165) is 19.3 Å². The Bertz CT molecular complexity index is 321. The minimum atomic E-state index is -1.01. The molecule has 2 aliphatic rings. The standard InChI is InChI=1S/C11H18N2O4/c1-2-7(10(14)15)12-11(16)13-8-5-6-3-4-9(8)17-6/h6-9H,2-5H2,1H3,(H,14,15)(H2,12,13,16)/t6?,7-,8?,9?/m0/s1. The van der Waals surface area contributed by atoms with E-state index in [0.29, 0.717) is 6.42 Å². The molecule has 0 radical (unpaired) electrons. The lowest BCUT2D eigenvalue weighted by Crippen LogP contribution is -2.51. The molecule has 0 spiro atoms. The first-order chi connectivity index (χ1) is 8.10. The number of urea groups is 1. The van der Waals surface area contributed by atoms with E-state index in [1.54, 1.807) is 6.92 Å². The number of aliphatic carboxylic acids is 1. The fourth-order valence-corrected chi connectivity index (χ4v) is 2.50. The smallest absolute Gasteiger partial charge is 0.326 e. The fourth-order valence-electron chi connectivity index (χ4n) is 2.50. The maximum Gasteiger partial charge on any atom is 0.326 e. The first-order valence-electron chi connectivity index (χ1n) is 6.05. The molecule has 6 heteroatoms. The maximum absolute atomic E-state index is 11.6. The Labute approximate surface area is 99.7 Å². The summed E-state index contributed by atoms with van der Waals surface area (Å²) < 4.78 is 5.61. The van der Waals surface area contributed by atoms with Gasteiger partial charge >= 0.3 is 12.0 Å². The van der Waals surface area contributed by atoms with Gasteiger partial charge in [-0.05, 0) is 25.7 Å². The van der Waals surface area contributed by atoms with Crippen molar-refractivity contribution in [2.75, 3.05) is 0 Å². The molecule has 0 aromatic heterocycles. The molecule has 3 unspecified atom stereocenters. The summed E-state index contributed by atoms with van der Waals surface area (Å²) in [7, 11) is 0. The normalized spacial score (nSPS) is 32.2. The number of amides is 2. The lowest BCUT2D eigenvalue weighted by atomic mass is 9.96. The van der Waals surface area contributed by atoms with E-state index in [2.05, 4.69) is 10.6 Å². The number of carbonyl (C=O) groups is 2. The number of carboxylic acids is 1. The van der Waals surface area contributed by atoms with E-state index in [1.165, 1.54) is 0 Å². The molecule has 2 heterocycles. The molecular formula is C11H18N2O4. The predicted octanol–water partition coefficient (Wildman–Crippen LogP) is 0.469. The second-order valence-corrected chi connectivity index (χ2v) is 4.63. The lowest BCUT2D eigenvalue weighted by molar-refractivity contribution is -0.139. The summed E-state index contributed by atoms with van der Waals surface area (Å²) in [6.45, 7) is 1.72. The van der Waals surface area contributed by atoms with Gasteiger partial charge in [-0.25, -0.2) is 9.59 Å². The molecule has 3 N–H and O–H groups in total. The van der Waals surface area contributed by atoms with Gasteiger partial charge in [0.2, 0.25) is 0 Å². The Morgan fingerprint density at radius 3 is 2.71 bits per heavy atom. The van der Waals surface area contributed by atoms with Crippen molar-refractivity contribution in [2.45, 2.75) is 56.9 Å². The number of carbonyl (C=O) groups excluding carboxylic acids is 1. The number of nitrogens with one attached hydrogen (secondary N) is 2. The van der Waals surface area contributed by atoms with Crippen LogP contribution >= 0.6 is 0 Å². The molecule has 2 bridgehead atoms. The Hall–Kier alpha value is -1.30. The highest BCUT2D eigenvalue weighted by molar-refractivity contribution is 5.82. The van der Waals surface area contributed by atoms with Gasteiger partial charge < -0.3 is 20.5 Å². The van der Waals surface area contributed by atoms with Crippen LogP contribution in [0.2, 0.25) is 0 Å². The van der Waals surface area contributed by atoms with Crippen molar-refractivity contribution in [1.29, 1.82) is 0 Å². The minimum absolute atomic E-state index is 0.0278. The molecule has 96 valence electrons. The summed E-state index contributed by atoms with van der Waals surface area (Å²) in [6, 6.07) is -1.21. The lowest BCUT2D eigenvalue weighted by Gasteiger charge is -2.21. The summed E-state index contributed by atoms with van der Waals surface area (Å²) in [5.41, 5.74) is 0. The van der Waals surface area contributed by atoms with Crippen LogP contribution in [-0.4, -0.2) is 41.4 Å². The van der Waals surface area contributed by atoms with Crippen LogP contribution in [0.4, 0.5) is 4.79 Å². The second kappa shape index (κ2) is 4.91. The zero-order chi connectivity index (χ0) is 12.4. The summed E-state index contributed by atoms with van der Waals surface area (Å²) in [6.07, 6.45) is 3.63. The quantitative estimate of drug-likeness (QED) is 0.668. The molecule has 2 fully saturated rings. The molecule has 0 aliphatic carbocycles. The van der Waals surface area contributed by atoms with Crippen molar-refractivity contribution in [3.8, 4) is 0 Å². The highest BCUT2D eigenvalue weighted by atomic mass is 16.5. The summed E-state index contributed by atoms with van der Waals surface area (Å²) in [4.78, 5) is 22.4. The average molecular weight is 242 g/mol. The minimum Gasteiger partial charge on any atom is -0.480 e. The van der Waals surface area contributed by atoms with Gasteiger partial charge in [0.05, 0.1) is 18.2 Å². The number of hydrogen-bond acceptors (Lipinski definition) is 3. The van der Waals surface area contributed by atoms with Gasteiger partial charge in [-0.3, -0.25) is 0 Å². The summed E-state index contributed by atoms with van der Waals surface area (Å²) >= 11 is 0. The van der Waals surface area contributed by atoms with E-state index in [1.807, 2.05) is 0 Å². The van der Waals surface area contributed by atoms with Crippen LogP contribution in [0.15, 0.2) is 0 Å². The molecule has 0 aromatic carbocycles. The molecule has 2 rings (SSSR count). The Morgan fingerprint density at radius 1 is 1.47 bits per heavy atom. The first-order valence-corrected chi connectivity index (χ1v) is 6.05. The van der Waals surface area contributed by atoms with E-state index < -0.39 is 18.0 Å². The molecule has 4 atom stereocenters. The van der Waals surface area contributed by atoms with Crippen molar-refractivity contribution < 1.29 is 19.4 Å². The average Bonchev–Trinajstić information content (AvgIpc) is 2.87. The number of carboxylic acid groups (broad SMARTS) is 1. The van der Waals surface area contributed by atoms with Crippen LogP contribution in [0.25, 0.3) is 0 Å². The molecule has 0 saturated carbocycles. The van der Waals surface area contributed by atoms with Gasteiger partial charge in [0.1, 0.15) is 6.04 Å². The summed E-state index contributed by atoms with van der Waals surface area (Å²) in [5, 5.41) is 14.1. The highest BCUT2D eigenvalue weighted by Crippen LogP contribution is 2.34. The van der Waals surface area contributed by atoms with E-state index in [-0.39, 0.29) is 18.2 Å². The van der Waals surface area contributed by atoms with Gasteiger partial charge in [0.15, 0.2) is 0 Å². The Balaban J connectivity index is 1.79. The van der Waals surface area contributed by atoms with Crippen molar-refractivity contribution in [3.63, 3.8) is 0 Å². The third-order valence-electron chi connectivity index (χ3n) is 3.43. The monoisotopic (exact) mass is 242 g/mol. The van der Waals surface area contributed by atoms with E-state index in [9.17, 15) is 9.59 Å². The third kappa shape index (κ3) is 2.69. The van der Waals surface area contributed by atoms with Crippen LogP contribution in [0, 0.1) is 0 Å². The molecule has 2 saturated heterocycles. The Morgan fingerprint density at radius 2 is 2.24 bits per heavy atom. The van der Waals surface area contributed by atoms with Gasteiger partial charge in [0.25, 0.3) is 0 Å². The number of fused-ring (bicyclic) bond motifs is 2. The van der Waals surface area contributed by atoms with Gasteiger partial charge in [-0.2, -0.15) is 0 Å². The van der Waals surface area contributed by atoms with E-state index in [4.69, 9.17) is 9.84 Å². The second-order valence-electron chi connectivity index (χ2n) is 4.63. The largest absolute Gasteiger partial charge is 0.480 e. The SMILES string of the molecule is CC[C@H](NC(=O)NC1CC2CCC1O2)C(=O)O. The molecule has 6 nitrogen and oxygen atoms in total. The van der Waals surface area contributed by atoms with Gasteiger partial charge in [-0.1, -0.05) is 6.92 Å². The van der Waals surface area contributed by atoms with Crippen LogP contribution < -0.4 is 10.6 Å². The summed E-state index contributed by atoms with van der Waals surface area (Å²) in [5.74, 6) is -1.01. The number of hydrogen-bond donors (Lipinski definition) is 3. The molecule has 2 amide bonds. The zero-order valence-corrected chi connectivity index (χ0v) is 9.81. The van der Waals surface area contributed by atoms with Crippen molar-refractivity contribution in [2.24, 2.45) is 0 Å². The molecular weight excluding hydrogens is 224 g/mol. The molecule has 2 aliphatic heterocycles. The third-order valence-corrected chi connectivity index (χ3v) is 3.43. The first kappa shape index (κ1) is 12.2. The topological polar surface area (TPSA) is 87.7 Å². The van der Waals surface area contributed by atoms with Crippen molar-refractivity contribution in [3.05, 3.63) is 0 Å². The van der Waals surface area contributed by atoms with Crippen LogP contribution in [0.5, 0.6) is 0 Å². The number of rotatable bonds is 4. The molecule has 0 aromatic rings. The highest BCUT2D eigenvalue weighted by Gasteiger charge is 2.41. The van der Waals surface area contributed by atoms with E-state index >= 15 is 0 Å².